The van der Waals surface area contributed by atoms with E-state index in [-0.39, 0.29) is 5.56 Å². The lowest BCUT2D eigenvalue weighted by atomic mass is 10.1. The molecule has 0 radical (unpaired) electrons. The van der Waals surface area contributed by atoms with Crippen LogP contribution in [0.2, 0.25) is 0 Å². The molecule has 0 aromatic heterocycles. The van der Waals surface area contributed by atoms with E-state index in [2.05, 4.69) is 5.32 Å². The van der Waals surface area contributed by atoms with Gasteiger partial charge in [0, 0.05) is 5.69 Å². The number of benzene rings is 3. The Hall–Kier alpha value is -3.47. The molecule has 4 nitrogen and oxygen atoms in total. The zero-order valence-electron chi connectivity index (χ0n) is 13.1. The van der Waals surface area contributed by atoms with Gasteiger partial charge in [-0.1, -0.05) is 30.3 Å². The summed E-state index contributed by atoms with van der Waals surface area (Å²) in [6, 6.07) is 20.6. The molecular formula is C20H14FNO3. The van der Waals surface area contributed by atoms with E-state index in [9.17, 15) is 14.0 Å². The SMILES string of the molecule is O=C(Oc1ccccc1)c1ccc(NC(=O)c2ccccc2F)cc1. The average Bonchev–Trinajstić information content (AvgIpc) is 2.63. The van der Waals surface area contributed by atoms with Crippen LogP contribution in [0.25, 0.3) is 0 Å². The molecule has 0 atom stereocenters. The quantitative estimate of drug-likeness (QED) is 0.571. The fraction of sp³-hybridized carbons (Fsp3) is 0. The normalized spacial score (nSPS) is 10.1. The van der Waals surface area contributed by atoms with Gasteiger partial charge in [-0.15, -0.1) is 0 Å². The molecule has 0 aliphatic carbocycles. The fourth-order valence-electron chi connectivity index (χ4n) is 2.19. The second-order valence-electron chi connectivity index (χ2n) is 5.21. The Morgan fingerprint density at radius 3 is 2.12 bits per heavy atom. The highest BCUT2D eigenvalue weighted by molar-refractivity contribution is 6.04. The predicted octanol–water partition coefficient (Wildman–Crippen LogP) is 4.30. The number of rotatable bonds is 4. The van der Waals surface area contributed by atoms with E-state index in [1.807, 2.05) is 6.07 Å². The number of hydrogen-bond donors (Lipinski definition) is 1. The maximum Gasteiger partial charge on any atom is 0.343 e. The van der Waals surface area contributed by atoms with Gasteiger partial charge >= 0.3 is 5.97 Å². The summed E-state index contributed by atoms with van der Waals surface area (Å²) in [5, 5.41) is 2.58. The van der Waals surface area contributed by atoms with E-state index < -0.39 is 17.7 Å². The number of ether oxygens (including phenoxy) is 1. The summed E-state index contributed by atoms with van der Waals surface area (Å²) in [5.41, 5.74) is 0.743. The molecule has 0 aliphatic heterocycles. The minimum Gasteiger partial charge on any atom is -0.423 e. The van der Waals surface area contributed by atoms with E-state index in [0.29, 0.717) is 17.0 Å². The Balaban J connectivity index is 1.67. The molecule has 0 aliphatic rings. The van der Waals surface area contributed by atoms with Crippen LogP contribution in [0.5, 0.6) is 5.75 Å². The summed E-state index contributed by atoms with van der Waals surface area (Å²) >= 11 is 0. The Kier molecular flexibility index (Phi) is 4.85. The second-order valence-corrected chi connectivity index (χ2v) is 5.21. The first-order chi connectivity index (χ1) is 12.1. The highest BCUT2D eigenvalue weighted by Gasteiger charge is 2.12. The van der Waals surface area contributed by atoms with Gasteiger partial charge in [-0.25, -0.2) is 9.18 Å². The lowest BCUT2D eigenvalue weighted by Gasteiger charge is -2.07. The van der Waals surface area contributed by atoms with Crippen molar-refractivity contribution in [3.8, 4) is 5.75 Å². The van der Waals surface area contributed by atoms with Crippen LogP contribution in [0.4, 0.5) is 10.1 Å². The molecule has 3 aromatic carbocycles. The molecule has 0 fully saturated rings. The zero-order chi connectivity index (χ0) is 17.6. The van der Waals surface area contributed by atoms with Crippen molar-refractivity contribution in [2.75, 3.05) is 5.32 Å². The van der Waals surface area contributed by atoms with E-state index in [1.165, 1.54) is 30.3 Å². The largest absolute Gasteiger partial charge is 0.423 e. The summed E-state index contributed by atoms with van der Waals surface area (Å²) in [6.45, 7) is 0. The lowest BCUT2D eigenvalue weighted by Crippen LogP contribution is -2.14. The first-order valence-electron chi connectivity index (χ1n) is 7.56. The predicted molar refractivity (Wildman–Crippen MR) is 92.2 cm³/mol. The van der Waals surface area contributed by atoms with Crippen LogP contribution in [0.3, 0.4) is 0 Å². The van der Waals surface area contributed by atoms with Gasteiger partial charge in [0.1, 0.15) is 11.6 Å². The van der Waals surface area contributed by atoms with Crippen LogP contribution < -0.4 is 10.1 Å². The van der Waals surface area contributed by atoms with Gasteiger partial charge in [-0.05, 0) is 48.5 Å². The van der Waals surface area contributed by atoms with Crippen molar-refractivity contribution in [3.63, 3.8) is 0 Å². The number of hydrogen-bond acceptors (Lipinski definition) is 3. The smallest absolute Gasteiger partial charge is 0.343 e. The van der Waals surface area contributed by atoms with Crippen molar-refractivity contribution in [2.24, 2.45) is 0 Å². The van der Waals surface area contributed by atoms with Gasteiger partial charge < -0.3 is 10.1 Å². The molecule has 0 bridgehead atoms. The van der Waals surface area contributed by atoms with Crippen molar-refractivity contribution >= 4 is 17.6 Å². The molecule has 5 heteroatoms. The monoisotopic (exact) mass is 335 g/mol. The molecule has 3 rings (SSSR count). The number of halogens is 1. The number of amides is 1. The summed E-state index contributed by atoms with van der Waals surface area (Å²) in [5.74, 6) is -1.21. The van der Waals surface area contributed by atoms with E-state index in [4.69, 9.17) is 4.74 Å². The Morgan fingerprint density at radius 1 is 0.800 bits per heavy atom. The second kappa shape index (κ2) is 7.40. The van der Waals surface area contributed by atoms with Gasteiger partial charge in [0.2, 0.25) is 0 Å². The highest BCUT2D eigenvalue weighted by atomic mass is 19.1. The van der Waals surface area contributed by atoms with E-state index in [0.717, 1.165) is 0 Å². The van der Waals surface area contributed by atoms with Crippen molar-refractivity contribution in [1.29, 1.82) is 0 Å². The summed E-state index contributed by atoms with van der Waals surface area (Å²) in [7, 11) is 0. The molecule has 0 spiro atoms. The third-order valence-electron chi connectivity index (χ3n) is 3.45. The zero-order valence-corrected chi connectivity index (χ0v) is 13.1. The Labute approximate surface area is 143 Å². The number of para-hydroxylation sites is 1. The third kappa shape index (κ3) is 4.09. The number of carbonyl (C=O) groups excluding carboxylic acids is 2. The van der Waals surface area contributed by atoms with Crippen molar-refractivity contribution < 1.29 is 18.7 Å². The first kappa shape index (κ1) is 16.4. The fourth-order valence-corrected chi connectivity index (χ4v) is 2.19. The van der Waals surface area contributed by atoms with Gasteiger partial charge in [-0.3, -0.25) is 4.79 Å². The van der Waals surface area contributed by atoms with Crippen molar-refractivity contribution in [3.05, 3.63) is 95.8 Å². The number of anilines is 1. The van der Waals surface area contributed by atoms with Crippen molar-refractivity contribution in [2.45, 2.75) is 0 Å². The Morgan fingerprint density at radius 2 is 1.44 bits per heavy atom. The molecule has 0 saturated carbocycles. The van der Waals surface area contributed by atoms with Crippen LogP contribution in [-0.2, 0) is 0 Å². The molecule has 1 amide bonds. The maximum absolute atomic E-state index is 13.6. The molecule has 0 unspecified atom stereocenters. The number of esters is 1. The van der Waals surface area contributed by atoms with Crippen LogP contribution >= 0.6 is 0 Å². The Bertz CT molecular complexity index is 892. The van der Waals surface area contributed by atoms with E-state index >= 15 is 0 Å². The minimum absolute atomic E-state index is 0.0462. The summed E-state index contributed by atoms with van der Waals surface area (Å²) < 4.78 is 18.8. The van der Waals surface area contributed by atoms with Gasteiger partial charge in [0.05, 0.1) is 11.1 Å². The van der Waals surface area contributed by atoms with Gasteiger partial charge in [-0.2, -0.15) is 0 Å². The van der Waals surface area contributed by atoms with Crippen LogP contribution in [0.1, 0.15) is 20.7 Å². The number of carbonyl (C=O) groups is 2. The van der Waals surface area contributed by atoms with Crippen molar-refractivity contribution in [1.82, 2.24) is 0 Å². The standard InChI is InChI=1S/C20H14FNO3/c21-18-9-5-4-8-17(18)19(23)22-15-12-10-14(11-13-15)20(24)25-16-6-2-1-3-7-16/h1-13H,(H,22,23). The molecule has 124 valence electrons. The van der Waals surface area contributed by atoms with Crippen LogP contribution in [0, 0.1) is 5.82 Å². The molecule has 25 heavy (non-hydrogen) atoms. The van der Waals surface area contributed by atoms with E-state index in [1.54, 1.807) is 42.5 Å². The molecule has 0 heterocycles. The van der Waals surface area contributed by atoms with Gasteiger partial charge in [0.15, 0.2) is 0 Å². The molecular weight excluding hydrogens is 321 g/mol. The minimum atomic E-state index is -0.594. The first-order valence-corrected chi connectivity index (χ1v) is 7.56. The third-order valence-corrected chi connectivity index (χ3v) is 3.45. The highest BCUT2D eigenvalue weighted by Crippen LogP contribution is 2.16. The van der Waals surface area contributed by atoms with Crippen LogP contribution in [-0.4, -0.2) is 11.9 Å². The molecule has 0 saturated heterocycles. The van der Waals surface area contributed by atoms with Gasteiger partial charge in [0.25, 0.3) is 5.91 Å². The lowest BCUT2D eigenvalue weighted by molar-refractivity contribution is 0.0734. The number of nitrogens with one attached hydrogen (secondary N) is 1. The maximum atomic E-state index is 13.6. The topological polar surface area (TPSA) is 55.4 Å². The summed E-state index contributed by atoms with van der Waals surface area (Å²) in [6.07, 6.45) is 0. The summed E-state index contributed by atoms with van der Waals surface area (Å²) in [4.78, 5) is 24.1. The molecule has 1 N–H and O–H groups in total. The van der Waals surface area contributed by atoms with Crippen LogP contribution in [0.15, 0.2) is 78.9 Å². The average molecular weight is 335 g/mol. The molecule has 3 aromatic rings.